The lowest BCUT2D eigenvalue weighted by Crippen LogP contribution is -1.93. The molecule has 0 heterocycles. The Labute approximate surface area is 91.4 Å². The van der Waals surface area contributed by atoms with Crippen molar-refractivity contribution in [1.82, 2.24) is 0 Å². The van der Waals surface area contributed by atoms with Crippen molar-refractivity contribution in [2.24, 2.45) is 5.92 Å². The van der Waals surface area contributed by atoms with Crippen molar-refractivity contribution in [3.8, 4) is 5.75 Å². The molecule has 1 aromatic rings. The van der Waals surface area contributed by atoms with E-state index < -0.39 is 0 Å². The summed E-state index contributed by atoms with van der Waals surface area (Å²) in [5, 5.41) is 0.983. The van der Waals surface area contributed by atoms with Gasteiger partial charge in [0.05, 0.1) is 7.11 Å². The summed E-state index contributed by atoms with van der Waals surface area (Å²) >= 11 is 3.44. The second-order valence-electron chi connectivity index (χ2n) is 3.64. The summed E-state index contributed by atoms with van der Waals surface area (Å²) in [5.41, 5.74) is 1.01. The molecule has 0 N–H and O–H groups in total. The molecule has 0 spiro atoms. The van der Waals surface area contributed by atoms with Gasteiger partial charge in [-0.2, -0.15) is 0 Å². The van der Waals surface area contributed by atoms with Gasteiger partial charge in [-0.3, -0.25) is 0 Å². The molecule has 0 bridgehead atoms. The number of benzene rings is 1. The molecule has 1 nitrogen and oxygen atoms in total. The van der Waals surface area contributed by atoms with Crippen molar-refractivity contribution in [2.45, 2.75) is 12.3 Å². The highest BCUT2D eigenvalue weighted by atomic mass is 79.9. The maximum absolute atomic E-state index is 13.0. The van der Waals surface area contributed by atoms with Crippen LogP contribution >= 0.6 is 15.9 Å². The van der Waals surface area contributed by atoms with Crippen LogP contribution in [0.15, 0.2) is 18.2 Å². The van der Waals surface area contributed by atoms with E-state index >= 15 is 0 Å². The van der Waals surface area contributed by atoms with Gasteiger partial charge in [-0.1, -0.05) is 15.9 Å². The number of alkyl halides is 1. The summed E-state index contributed by atoms with van der Waals surface area (Å²) in [7, 11) is 1.63. The van der Waals surface area contributed by atoms with Crippen LogP contribution in [-0.2, 0) is 0 Å². The average molecular weight is 259 g/mol. The normalized spacial score (nSPS) is 24.8. The highest BCUT2D eigenvalue weighted by Crippen LogP contribution is 2.51. The van der Waals surface area contributed by atoms with E-state index in [-0.39, 0.29) is 5.82 Å². The molecule has 76 valence electrons. The van der Waals surface area contributed by atoms with Crippen LogP contribution in [0.3, 0.4) is 0 Å². The monoisotopic (exact) mass is 258 g/mol. The van der Waals surface area contributed by atoms with Crippen molar-refractivity contribution in [3.63, 3.8) is 0 Å². The molecule has 0 amide bonds. The SMILES string of the molecule is COc1ccc(F)cc1C1CC1CBr. The lowest BCUT2D eigenvalue weighted by atomic mass is 10.1. The first kappa shape index (κ1) is 9.97. The Bertz CT molecular complexity index is 340. The standard InChI is InChI=1S/C11H12BrFO/c1-14-11-3-2-8(13)5-10(11)9-4-7(9)6-12/h2-3,5,7,9H,4,6H2,1H3. The van der Waals surface area contributed by atoms with E-state index in [9.17, 15) is 4.39 Å². The van der Waals surface area contributed by atoms with Crippen molar-refractivity contribution in [2.75, 3.05) is 12.4 Å². The third-order valence-electron chi connectivity index (χ3n) is 2.71. The molecule has 2 unspecified atom stereocenters. The number of halogens is 2. The van der Waals surface area contributed by atoms with E-state index in [4.69, 9.17) is 4.74 Å². The number of ether oxygens (including phenoxy) is 1. The number of hydrogen-bond donors (Lipinski definition) is 0. The van der Waals surface area contributed by atoms with Gasteiger partial charge in [-0.15, -0.1) is 0 Å². The molecule has 0 radical (unpaired) electrons. The quantitative estimate of drug-likeness (QED) is 0.756. The van der Waals surface area contributed by atoms with Gasteiger partial charge >= 0.3 is 0 Å². The molecule has 1 aliphatic rings. The number of methoxy groups -OCH3 is 1. The minimum atomic E-state index is -0.180. The molecular weight excluding hydrogens is 247 g/mol. The van der Waals surface area contributed by atoms with Crippen LogP contribution in [0.5, 0.6) is 5.75 Å². The van der Waals surface area contributed by atoms with E-state index in [1.807, 2.05) is 0 Å². The third kappa shape index (κ3) is 1.78. The summed E-state index contributed by atoms with van der Waals surface area (Å²) in [6, 6.07) is 4.73. The Balaban J connectivity index is 2.27. The van der Waals surface area contributed by atoms with Crippen LogP contribution in [-0.4, -0.2) is 12.4 Å². The maximum atomic E-state index is 13.0. The van der Waals surface area contributed by atoms with E-state index in [1.54, 1.807) is 19.2 Å². The topological polar surface area (TPSA) is 9.23 Å². The number of rotatable bonds is 3. The predicted molar refractivity (Wildman–Crippen MR) is 57.6 cm³/mol. The predicted octanol–water partition coefficient (Wildman–Crippen LogP) is 3.33. The Kier molecular flexibility index (Phi) is 2.77. The fraction of sp³-hybridized carbons (Fsp3) is 0.455. The maximum Gasteiger partial charge on any atom is 0.123 e. The Morgan fingerprint density at radius 3 is 2.93 bits per heavy atom. The lowest BCUT2D eigenvalue weighted by Gasteiger charge is -2.07. The lowest BCUT2D eigenvalue weighted by molar-refractivity contribution is 0.408. The average Bonchev–Trinajstić information content (AvgIpc) is 2.96. The summed E-state index contributed by atoms with van der Waals surface area (Å²) in [6.45, 7) is 0. The fourth-order valence-electron chi connectivity index (χ4n) is 1.79. The molecule has 1 aromatic carbocycles. The zero-order valence-corrected chi connectivity index (χ0v) is 9.55. The van der Waals surface area contributed by atoms with Gasteiger partial charge in [-0.05, 0) is 36.5 Å². The van der Waals surface area contributed by atoms with Gasteiger partial charge in [0, 0.05) is 10.9 Å². The molecule has 2 atom stereocenters. The van der Waals surface area contributed by atoms with E-state index in [0.717, 1.165) is 23.1 Å². The van der Waals surface area contributed by atoms with E-state index in [1.165, 1.54) is 6.07 Å². The van der Waals surface area contributed by atoms with Crippen LogP contribution in [0.2, 0.25) is 0 Å². The third-order valence-corrected chi connectivity index (χ3v) is 3.54. The van der Waals surface area contributed by atoms with Gasteiger partial charge in [0.2, 0.25) is 0 Å². The number of hydrogen-bond acceptors (Lipinski definition) is 1. The second kappa shape index (κ2) is 3.89. The largest absolute Gasteiger partial charge is 0.496 e. The molecule has 1 saturated carbocycles. The zero-order chi connectivity index (χ0) is 10.1. The van der Waals surface area contributed by atoms with Gasteiger partial charge in [0.1, 0.15) is 11.6 Å². The summed E-state index contributed by atoms with van der Waals surface area (Å²) in [6.07, 6.45) is 1.13. The first-order valence-electron chi connectivity index (χ1n) is 4.65. The molecule has 0 saturated heterocycles. The highest BCUT2D eigenvalue weighted by molar-refractivity contribution is 9.09. The minimum absolute atomic E-state index is 0.180. The smallest absolute Gasteiger partial charge is 0.123 e. The summed E-state index contributed by atoms with van der Waals surface area (Å²) in [5.74, 6) is 1.74. The van der Waals surface area contributed by atoms with Crippen LogP contribution in [0.4, 0.5) is 4.39 Å². The summed E-state index contributed by atoms with van der Waals surface area (Å²) in [4.78, 5) is 0. The molecule has 1 aliphatic carbocycles. The van der Waals surface area contributed by atoms with E-state index in [0.29, 0.717) is 11.8 Å². The molecule has 3 heteroatoms. The van der Waals surface area contributed by atoms with Gasteiger partial charge in [0.15, 0.2) is 0 Å². The van der Waals surface area contributed by atoms with Crippen molar-refractivity contribution in [3.05, 3.63) is 29.6 Å². The zero-order valence-electron chi connectivity index (χ0n) is 7.97. The van der Waals surface area contributed by atoms with Gasteiger partial charge in [-0.25, -0.2) is 4.39 Å². The molecule has 0 aliphatic heterocycles. The molecule has 14 heavy (non-hydrogen) atoms. The van der Waals surface area contributed by atoms with Crippen molar-refractivity contribution in [1.29, 1.82) is 0 Å². The van der Waals surface area contributed by atoms with Crippen molar-refractivity contribution >= 4 is 15.9 Å². The van der Waals surface area contributed by atoms with Crippen LogP contribution in [0, 0.1) is 11.7 Å². The van der Waals surface area contributed by atoms with Crippen LogP contribution < -0.4 is 4.74 Å². The highest BCUT2D eigenvalue weighted by Gasteiger charge is 2.39. The van der Waals surface area contributed by atoms with Gasteiger partial charge < -0.3 is 4.74 Å². The van der Waals surface area contributed by atoms with Gasteiger partial charge in [0.25, 0.3) is 0 Å². The Hall–Kier alpha value is -0.570. The van der Waals surface area contributed by atoms with Crippen LogP contribution in [0.25, 0.3) is 0 Å². The summed E-state index contributed by atoms with van der Waals surface area (Å²) < 4.78 is 18.2. The minimum Gasteiger partial charge on any atom is -0.496 e. The Morgan fingerprint density at radius 1 is 1.57 bits per heavy atom. The molecular formula is C11H12BrFO. The molecule has 0 aromatic heterocycles. The van der Waals surface area contributed by atoms with Crippen LogP contribution in [0.1, 0.15) is 17.9 Å². The van der Waals surface area contributed by atoms with Crippen molar-refractivity contribution < 1.29 is 9.13 Å². The fourth-order valence-corrected chi connectivity index (χ4v) is 2.51. The molecule has 1 fully saturated rings. The second-order valence-corrected chi connectivity index (χ2v) is 4.29. The van der Waals surface area contributed by atoms with E-state index in [2.05, 4.69) is 15.9 Å². The molecule has 2 rings (SSSR count). The Morgan fingerprint density at radius 2 is 2.36 bits per heavy atom. The first-order chi connectivity index (χ1) is 6.76. The first-order valence-corrected chi connectivity index (χ1v) is 5.77.